The number of aliphatic hydroxyl groups is 1. The van der Waals surface area contributed by atoms with Crippen molar-refractivity contribution in [3.05, 3.63) is 59.4 Å². The van der Waals surface area contributed by atoms with Gasteiger partial charge < -0.3 is 9.84 Å². The van der Waals surface area contributed by atoms with Crippen molar-refractivity contribution in [2.24, 2.45) is 0 Å². The van der Waals surface area contributed by atoms with E-state index in [9.17, 15) is 9.50 Å². The third-order valence-corrected chi connectivity index (χ3v) is 3.20. The SMILES string of the molecule is CC(C)c1ccccc1Oc1c(F)cccc1[C@H](C)O. The zero-order valence-electron chi connectivity index (χ0n) is 11.9. The fraction of sp³-hybridized carbons (Fsp3) is 0.294. The molecule has 0 saturated carbocycles. The van der Waals surface area contributed by atoms with E-state index in [2.05, 4.69) is 13.8 Å². The molecule has 1 N–H and O–H groups in total. The Labute approximate surface area is 118 Å². The van der Waals surface area contributed by atoms with Crippen molar-refractivity contribution < 1.29 is 14.2 Å². The van der Waals surface area contributed by atoms with Crippen LogP contribution in [0.3, 0.4) is 0 Å². The predicted octanol–water partition coefficient (Wildman–Crippen LogP) is 4.79. The van der Waals surface area contributed by atoms with Crippen LogP contribution in [0.15, 0.2) is 42.5 Å². The maximum absolute atomic E-state index is 14.0. The molecule has 3 heteroatoms. The van der Waals surface area contributed by atoms with Gasteiger partial charge in [0.25, 0.3) is 0 Å². The van der Waals surface area contributed by atoms with Gasteiger partial charge in [0.1, 0.15) is 5.75 Å². The molecule has 0 amide bonds. The number of para-hydroxylation sites is 2. The zero-order valence-corrected chi connectivity index (χ0v) is 11.9. The first-order valence-electron chi connectivity index (χ1n) is 6.74. The van der Waals surface area contributed by atoms with Crippen molar-refractivity contribution in [2.75, 3.05) is 0 Å². The van der Waals surface area contributed by atoms with Crippen LogP contribution in [-0.2, 0) is 0 Å². The largest absolute Gasteiger partial charge is 0.454 e. The number of ether oxygens (including phenoxy) is 1. The Morgan fingerprint density at radius 2 is 1.60 bits per heavy atom. The molecule has 2 aromatic rings. The highest BCUT2D eigenvalue weighted by Gasteiger charge is 2.16. The number of hydrogen-bond donors (Lipinski definition) is 1. The monoisotopic (exact) mass is 274 g/mol. The molecule has 0 aliphatic carbocycles. The molecule has 0 spiro atoms. The first kappa shape index (κ1) is 14.5. The molecule has 0 saturated heterocycles. The normalized spacial score (nSPS) is 12.5. The van der Waals surface area contributed by atoms with Gasteiger partial charge in [-0.1, -0.05) is 44.2 Å². The van der Waals surface area contributed by atoms with Crippen LogP contribution in [0, 0.1) is 5.82 Å². The molecule has 2 nitrogen and oxygen atoms in total. The second-order valence-electron chi connectivity index (χ2n) is 5.13. The van der Waals surface area contributed by atoms with Gasteiger partial charge in [-0.15, -0.1) is 0 Å². The summed E-state index contributed by atoms with van der Waals surface area (Å²) in [4.78, 5) is 0. The summed E-state index contributed by atoms with van der Waals surface area (Å²) in [6.45, 7) is 5.70. The standard InChI is InChI=1S/C17H19FO2/c1-11(2)13-7-4-5-10-16(13)20-17-14(12(3)19)8-6-9-15(17)18/h4-12,19H,1-3H3/t12-/m0/s1. The molecule has 0 aliphatic rings. The number of hydrogen-bond acceptors (Lipinski definition) is 2. The lowest BCUT2D eigenvalue weighted by molar-refractivity contribution is 0.194. The molecule has 0 heterocycles. The molecule has 0 radical (unpaired) electrons. The Morgan fingerprint density at radius 3 is 2.25 bits per heavy atom. The van der Waals surface area contributed by atoms with Crippen molar-refractivity contribution in [1.82, 2.24) is 0 Å². The molecule has 0 aliphatic heterocycles. The van der Waals surface area contributed by atoms with E-state index >= 15 is 0 Å². The quantitative estimate of drug-likeness (QED) is 0.868. The van der Waals surface area contributed by atoms with Gasteiger partial charge in [0.2, 0.25) is 0 Å². The van der Waals surface area contributed by atoms with Gasteiger partial charge in [0.05, 0.1) is 6.10 Å². The lowest BCUT2D eigenvalue weighted by Crippen LogP contribution is -2.01. The molecule has 0 bridgehead atoms. The van der Waals surface area contributed by atoms with E-state index in [0.717, 1.165) is 5.56 Å². The number of benzene rings is 2. The molecule has 0 fully saturated rings. The number of halogens is 1. The van der Waals surface area contributed by atoms with Crippen molar-refractivity contribution >= 4 is 0 Å². The smallest absolute Gasteiger partial charge is 0.168 e. The number of aliphatic hydroxyl groups excluding tert-OH is 1. The van der Waals surface area contributed by atoms with E-state index in [1.165, 1.54) is 6.07 Å². The van der Waals surface area contributed by atoms with Crippen molar-refractivity contribution in [1.29, 1.82) is 0 Å². The Hall–Kier alpha value is -1.87. The van der Waals surface area contributed by atoms with Gasteiger partial charge in [0, 0.05) is 5.56 Å². The van der Waals surface area contributed by atoms with E-state index < -0.39 is 11.9 Å². The highest BCUT2D eigenvalue weighted by molar-refractivity contribution is 5.43. The van der Waals surface area contributed by atoms with Crippen molar-refractivity contribution in [3.63, 3.8) is 0 Å². The zero-order chi connectivity index (χ0) is 14.7. The molecule has 1 atom stereocenters. The van der Waals surface area contributed by atoms with E-state index in [4.69, 9.17) is 4.74 Å². The highest BCUT2D eigenvalue weighted by atomic mass is 19.1. The highest BCUT2D eigenvalue weighted by Crippen LogP contribution is 2.35. The van der Waals surface area contributed by atoms with Crippen molar-refractivity contribution in [2.45, 2.75) is 32.8 Å². The van der Waals surface area contributed by atoms with Gasteiger partial charge in [0.15, 0.2) is 11.6 Å². The van der Waals surface area contributed by atoms with E-state index in [1.54, 1.807) is 19.1 Å². The summed E-state index contributed by atoms with van der Waals surface area (Å²) < 4.78 is 19.8. The van der Waals surface area contributed by atoms with Crippen LogP contribution in [0.2, 0.25) is 0 Å². The molecular weight excluding hydrogens is 255 g/mol. The van der Waals surface area contributed by atoms with Crippen LogP contribution in [0.25, 0.3) is 0 Å². The van der Waals surface area contributed by atoms with Crippen LogP contribution in [0.1, 0.15) is 43.9 Å². The van der Waals surface area contributed by atoms with Gasteiger partial charge in [-0.05, 0) is 30.5 Å². The summed E-state index contributed by atoms with van der Waals surface area (Å²) in [5.41, 5.74) is 1.45. The van der Waals surface area contributed by atoms with Crippen LogP contribution >= 0.6 is 0 Å². The maximum atomic E-state index is 14.0. The predicted molar refractivity (Wildman–Crippen MR) is 77.6 cm³/mol. The third kappa shape index (κ3) is 2.99. The maximum Gasteiger partial charge on any atom is 0.168 e. The topological polar surface area (TPSA) is 29.5 Å². The molecule has 106 valence electrons. The third-order valence-electron chi connectivity index (χ3n) is 3.20. The molecule has 2 aromatic carbocycles. The van der Waals surface area contributed by atoms with Crippen LogP contribution in [0.5, 0.6) is 11.5 Å². The Balaban J connectivity index is 2.45. The summed E-state index contributed by atoms with van der Waals surface area (Å²) >= 11 is 0. The van der Waals surface area contributed by atoms with Crippen LogP contribution < -0.4 is 4.74 Å². The summed E-state index contributed by atoms with van der Waals surface area (Å²) in [5.74, 6) is 0.514. The molecule has 20 heavy (non-hydrogen) atoms. The summed E-state index contributed by atoms with van der Waals surface area (Å²) in [7, 11) is 0. The Bertz CT molecular complexity index is 591. The first-order valence-corrected chi connectivity index (χ1v) is 6.74. The van der Waals surface area contributed by atoms with Crippen LogP contribution in [-0.4, -0.2) is 5.11 Å². The van der Waals surface area contributed by atoms with E-state index in [1.807, 2.05) is 24.3 Å². The second-order valence-corrected chi connectivity index (χ2v) is 5.13. The average Bonchev–Trinajstić information content (AvgIpc) is 2.41. The van der Waals surface area contributed by atoms with Gasteiger partial charge in [-0.3, -0.25) is 0 Å². The van der Waals surface area contributed by atoms with Gasteiger partial charge in [-0.25, -0.2) is 4.39 Å². The van der Waals surface area contributed by atoms with Crippen LogP contribution in [0.4, 0.5) is 4.39 Å². The minimum Gasteiger partial charge on any atom is -0.454 e. The molecule has 0 aromatic heterocycles. The minimum atomic E-state index is -0.785. The lowest BCUT2D eigenvalue weighted by atomic mass is 10.0. The van der Waals surface area contributed by atoms with E-state index in [0.29, 0.717) is 11.3 Å². The van der Waals surface area contributed by atoms with Gasteiger partial charge >= 0.3 is 0 Å². The lowest BCUT2D eigenvalue weighted by Gasteiger charge is -2.17. The summed E-state index contributed by atoms with van der Waals surface area (Å²) in [6, 6.07) is 12.1. The molecule has 0 unspecified atom stereocenters. The first-order chi connectivity index (χ1) is 9.50. The summed E-state index contributed by atoms with van der Waals surface area (Å²) in [5, 5.41) is 9.74. The van der Waals surface area contributed by atoms with E-state index in [-0.39, 0.29) is 11.7 Å². The summed E-state index contributed by atoms with van der Waals surface area (Å²) in [6.07, 6.45) is -0.785. The average molecular weight is 274 g/mol. The fourth-order valence-corrected chi connectivity index (χ4v) is 2.12. The fourth-order valence-electron chi connectivity index (χ4n) is 2.12. The number of rotatable bonds is 4. The Morgan fingerprint density at radius 1 is 0.950 bits per heavy atom. The molecule has 2 rings (SSSR count). The second kappa shape index (κ2) is 6.06. The van der Waals surface area contributed by atoms with Crippen molar-refractivity contribution in [3.8, 4) is 11.5 Å². The molecular formula is C17H19FO2. The van der Waals surface area contributed by atoms with Gasteiger partial charge in [-0.2, -0.15) is 0 Å². The minimum absolute atomic E-state index is 0.0931. The Kier molecular flexibility index (Phi) is 4.40.